The summed E-state index contributed by atoms with van der Waals surface area (Å²) in [5.41, 5.74) is 9.69. The summed E-state index contributed by atoms with van der Waals surface area (Å²) in [7, 11) is 0. The second-order valence-electron chi connectivity index (χ2n) is 10.4. The molecule has 0 atom stereocenters. The monoisotopic (exact) mass is 523 g/mol. The van der Waals surface area contributed by atoms with Crippen LogP contribution >= 0.6 is 11.3 Å². The number of aryl methyl sites for hydroxylation is 4. The molecule has 4 aromatic rings. The van der Waals surface area contributed by atoms with Gasteiger partial charge < -0.3 is 9.88 Å². The summed E-state index contributed by atoms with van der Waals surface area (Å²) in [5, 5.41) is 4.19. The van der Waals surface area contributed by atoms with Crippen molar-refractivity contribution < 1.29 is 4.79 Å². The van der Waals surface area contributed by atoms with Crippen molar-refractivity contribution in [3.63, 3.8) is 0 Å². The Kier molecular flexibility index (Phi) is 7.94. The molecule has 5 heteroatoms. The molecule has 0 fully saturated rings. The molecule has 0 spiro atoms. The smallest absolute Gasteiger partial charge is 0.258 e. The minimum absolute atomic E-state index is 0.0193. The number of unbranched alkanes of at least 4 members (excludes halogenated alkanes) is 1. The first-order valence-corrected chi connectivity index (χ1v) is 14.6. The van der Waals surface area contributed by atoms with Gasteiger partial charge in [0.1, 0.15) is 5.00 Å². The Labute approximate surface area is 230 Å². The first-order valence-electron chi connectivity index (χ1n) is 13.8. The summed E-state index contributed by atoms with van der Waals surface area (Å²) in [6.45, 7) is 8.52. The standard InChI is InChI=1S/C33H37N3OS/c1-5-6-9-25-14-18-27(19-15-25)34-21-26-20-23(3)36(24(26)4)33-31(29-10-7-8-11-30(29)38-33)32(37)35-28-16-12-22(2)13-17-28/h12-21H,5-11H2,1-4H3,(H,35,37). The van der Waals surface area contributed by atoms with Crippen LogP contribution in [0.15, 0.2) is 59.6 Å². The van der Waals surface area contributed by atoms with Crippen molar-refractivity contribution in [1.29, 1.82) is 0 Å². The molecule has 0 saturated carbocycles. The molecule has 2 aromatic heterocycles. The minimum Gasteiger partial charge on any atom is -0.322 e. The number of thiophene rings is 1. The van der Waals surface area contributed by atoms with E-state index in [0.717, 1.165) is 64.6 Å². The highest BCUT2D eigenvalue weighted by Crippen LogP contribution is 2.39. The molecule has 4 nitrogen and oxygen atoms in total. The fourth-order valence-corrected chi connectivity index (χ4v) is 6.78. The fraction of sp³-hybridized carbons (Fsp3) is 0.333. The Morgan fingerprint density at radius 2 is 1.76 bits per heavy atom. The highest BCUT2D eigenvalue weighted by Gasteiger charge is 2.28. The Balaban J connectivity index is 1.47. The van der Waals surface area contributed by atoms with Crippen LogP contribution in [0.4, 0.5) is 11.4 Å². The number of aliphatic imine (C=N–C) groups is 1. The van der Waals surface area contributed by atoms with Gasteiger partial charge in [0.2, 0.25) is 0 Å². The van der Waals surface area contributed by atoms with Gasteiger partial charge in [0.25, 0.3) is 5.91 Å². The van der Waals surface area contributed by atoms with Gasteiger partial charge in [-0.15, -0.1) is 11.3 Å². The third-order valence-corrected chi connectivity index (χ3v) is 8.75. The number of amides is 1. The zero-order valence-corrected chi connectivity index (χ0v) is 23.8. The summed E-state index contributed by atoms with van der Waals surface area (Å²) in [5.74, 6) is -0.0193. The second kappa shape index (κ2) is 11.5. The van der Waals surface area contributed by atoms with Gasteiger partial charge in [-0.1, -0.05) is 43.2 Å². The van der Waals surface area contributed by atoms with E-state index in [1.807, 2.05) is 30.5 Å². The molecule has 1 N–H and O–H groups in total. The van der Waals surface area contributed by atoms with E-state index in [1.54, 1.807) is 11.3 Å². The number of aromatic nitrogens is 1. The first-order chi connectivity index (χ1) is 18.4. The summed E-state index contributed by atoms with van der Waals surface area (Å²) in [6.07, 6.45) is 9.82. The fourth-order valence-electron chi connectivity index (χ4n) is 5.28. The molecule has 196 valence electrons. The van der Waals surface area contributed by atoms with Crippen LogP contribution in [0, 0.1) is 20.8 Å². The van der Waals surface area contributed by atoms with E-state index in [0.29, 0.717) is 0 Å². The number of hydrogen-bond acceptors (Lipinski definition) is 3. The lowest BCUT2D eigenvalue weighted by Crippen LogP contribution is -2.17. The number of nitrogens with one attached hydrogen (secondary N) is 1. The third-order valence-electron chi connectivity index (χ3n) is 7.47. The van der Waals surface area contributed by atoms with Gasteiger partial charge in [-0.3, -0.25) is 9.79 Å². The van der Waals surface area contributed by atoms with Gasteiger partial charge >= 0.3 is 0 Å². The SMILES string of the molecule is CCCCc1ccc(N=Cc2cc(C)n(-c3sc4c(c3C(=O)Nc3ccc(C)cc3)CCCC4)c2C)cc1. The second-order valence-corrected chi connectivity index (χ2v) is 11.5. The van der Waals surface area contributed by atoms with Gasteiger partial charge in [-0.2, -0.15) is 0 Å². The number of carbonyl (C=O) groups is 1. The van der Waals surface area contributed by atoms with Crippen molar-refractivity contribution >= 4 is 34.8 Å². The summed E-state index contributed by atoms with van der Waals surface area (Å²) in [4.78, 5) is 19.8. The van der Waals surface area contributed by atoms with Crippen LogP contribution in [0.5, 0.6) is 0 Å². The topological polar surface area (TPSA) is 46.4 Å². The lowest BCUT2D eigenvalue weighted by atomic mass is 9.95. The number of nitrogens with zero attached hydrogens (tertiary/aromatic N) is 2. The summed E-state index contributed by atoms with van der Waals surface area (Å²) in [6, 6.07) is 18.7. The highest BCUT2D eigenvalue weighted by molar-refractivity contribution is 7.15. The van der Waals surface area contributed by atoms with E-state index < -0.39 is 0 Å². The van der Waals surface area contributed by atoms with Gasteiger partial charge in [0.15, 0.2) is 0 Å². The summed E-state index contributed by atoms with van der Waals surface area (Å²) >= 11 is 1.78. The van der Waals surface area contributed by atoms with Crippen LogP contribution < -0.4 is 5.32 Å². The predicted molar refractivity (Wildman–Crippen MR) is 161 cm³/mol. The van der Waals surface area contributed by atoms with E-state index in [-0.39, 0.29) is 5.91 Å². The molecule has 1 aliphatic rings. The number of rotatable bonds is 8. The number of fused-ring (bicyclic) bond motifs is 1. The van der Waals surface area contributed by atoms with Crippen molar-refractivity contribution in [2.24, 2.45) is 4.99 Å². The molecule has 0 saturated heterocycles. The zero-order valence-electron chi connectivity index (χ0n) is 22.9. The molecule has 38 heavy (non-hydrogen) atoms. The van der Waals surface area contributed by atoms with E-state index in [4.69, 9.17) is 4.99 Å². The molecule has 1 aliphatic carbocycles. The lowest BCUT2D eigenvalue weighted by Gasteiger charge is -2.14. The molecule has 0 unspecified atom stereocenters. The van der Waals surface area contributed by atoms with Crippen molar-refractivity contribution in [1.82, 2.24) is 4.57 Å². The number of anilines is 1. The van der Waals surface area contributed by atoms with Crippen molar-refractivity contribution in [2.45, 2.75) is 72.6 Å². The number of benzene rings is 2. The Morgan fingerprint density at radius 1 is 1.03 bits per heavy atom. The normalized spacial score (nSPS) is 13.2. The molecule has 0 aliphatic heterocycles. The molecule has 2 aromatic carbocycles. The number of carbonyl (C=O) groups excluding carboxylic acids is 1. The van der Waals surface area contributed by atoms with E-state index >= 15 is 0 Å². The quantitative estimate of drug-likeness (QED) is 0.231. The highest BCUT2D eigenvalue weighted by atomic mass is 32.1. The Hall–Kier alpha value is -3.44. The van der Waals surface area contributed by atoms with Crippen LogP contribution in [0.2, 0.25) is 0 Å². The third kappa shape index (κ3) is 5.53. The number of hydrogen-bond donors (Lipinski definition) is 1. The lowest BCUT2D eigenvalue weighted by molar-refractivity contribution is 0.102. The van der Waals surface area contributed by atoms with Crippen molar-refractivity contribution in [2.75, 3.05) is 5.32 Å². The molecule has 1 amide bonds. The van der Waals surface area contributed by atoms with E-state index in [9.17, 15) is 4.79 Å². The van der Waals surface area contributed by atoms with Crippen LogP contribution in [0.3, 0.4) is 0 Å². The zero-order chi connectivity index (χ0) is 26.6. The predicted octanol–water partition coefficient (Wildman–Crippen LogP) is 8.69. The summed E-state index contributed by atoms with van der Waals surface area (Å²) < 4.78 is 2.25. The maximum atomic E-state index is 13.7. The maximum absolute atomic E-state index is 13.7. The molecule has 0 radical (unpaired) electrons. The minimum atomic E-state index is -0.0193. The molecule has 2 heterocycles. The van der Waals surface area contributed by atoms with E-state index in [2.05, 4.69) is 67.9 Å². The van der Waals surface area contributed by atoms with Crippen LogP contribution in [0.1, 0.15) is 81.5 Å². The van der Waals surface area contributed by atoms with Crippen LogP contribution in [-0.4, -0.2) is 16.7 Å². The average Bonchev–Trinajstić information content (AvgIpc) is 3.44. The van der Waals surface area contributed by atoms with Gasteiger partial charge in [0.05, 0.1) is 11.3 Å². The van der Waals surface area contributed by atoms with Gasteiger partial charge in [-0.25, -0.2) is 0 Å². The molecule has 0 bridgehead atoms. The van der Waals surface area contributed by atoms with Gasteiger partial charge in [-0.05, 0) is 101 Å². The Bertz CT molecular complexity index is 1460. The van der Waals surface area contributed by atoms with E-state index in [1.165, 1.54) is 40.8 Å². The van der Waals surface area contributed by atoms with Crippen molar-refractivity contribution in [3.05, 3.63) is 98.7 Å². The first kappa shape index (κ1) is 26.2. The van der Waals surface area contributed by atoms with Crippen LogP contribution in [-0.2, 0) is 19.3 Å². The molecular weight excluding hydrogens is 486 g/mol. The maximum Gasteiger partial charge on any atom is 0.258 e. The van der Waals surface area contributed by atoms with Crippen molar-refractivity contribution in [3.8, 4) is 5.00 Å². The van der Waals surface area contributed by atoms with Crippen LogP contribution in [0.25, 0.3) is 5.00 Å². The average molecular weight is 524 g/mol. The molecular formula is C33H37N3OS. The largest absolute Gasteiger partial charge is 0.322 e. The van der Waals surface area contributed by atoms with Gasteiger partial charge in [0, 0.05) is 33.7 Å². The molecule has 5 rings (SSSR count). The Morgan fingerprint density at radius 3 is 2.50 bits per heavy atom.